The predicted octanol–water partition coefficient (Wildman–Crippen LogP) is 1.88. The Hall–Kier alpha value is -2.58. The van der Waals surface area contributed by atoms with Gasteiger partial charge in [0.25, 0.3) is 0 Å². The van der Waals surface area contributed by atoms with Gasteiger partial charge in [0, 0.05) is 5.69 Å². The van der Waals surface area contributed by atoms with Crippen LogP contribution >= 0.6 is 0 Å². The van der Waals surface area contributed by atoms with Crippen LogP contribution in [0.1, 0.15) is 24.8 Å². The number of hydrogen-bond donors (Lipinski definition) is 3. The molecule has 0 radical (unpaired) electrons. The molecule has 0 saturated carbocycles. The SMILES string of the molecule is CC(C(=O)O)c1ccc(NC(=O)CC(=O)NCC(F)(F)F)cc1. The molecule has 23 heavy (non-hydrogen) atoms. The van der Waals surface area contributed by atoms with Gasteiger partial charge in [-0.2, -0.15) is 13.2 Å². The zero-order chi connectivity index (χ0) is 17.6. The van der Waals surface area contributed by atoms with E-state index in [0.717, 1.165) is 0 Å². The highest BCUT2D eigenvalue weighted by atomic mass is 19.4. The number of carboxylic acid groups (broad SMARTS) is 1. The molecular formula is C14H15F3N2O4. The number of hydrogen-bond acceptors (Lipinski definition) is 3. The van der Waals surface area contributed by atoms with Gasteiger partial charge in [-0.15, -0.1) is 0 Å². The zero-order valence-corrected chi connectivity index (χ0v) is 12.1. The van der Waals surface area contributed by atoms with Crippen LogP contribution in [0.2, 0.25) is 0 Å². The van der Waals surface area contributed by atoms with E-state index in [9.17, 15) is 27.6 Å². The summed E-state index contributed by atoms with van der Waals surface area (Å²) in [5, 5.41) is 12.8. The van der Waals surface area contributed by atoms with Gasteiger partial charge in [-0.3, -0.25) is 14.4 Å². The van der Waals surface area contributed by atoms with Crippen molar-refractivity contribution in [1.82, 2.24) is 5.32 Å². The molecule has 0 fully saturated rings. The molecule has 0 aromatic heterocycles. The summed E-state index contributed by atoms with van der Waals surface area (Å²) in [6.07, 6.45) is -5.29. The lowest BCUT2D eigenvalue weighted by Gasteiger charge is -2.10. The normalized spacial score (nSPS) is 12.3. The van der Waals surface area contributed by atoms with Crippen LogP contribution in [0.15, 0.2) is 24.3 Å². The van der Waals surface area contributed by atoms with Gasteiger partial charge >= 0.3 is 12.1 Å². The third kappa shape index (κ3) is 6.81. The van der Waals surface area contributed by atoms with E-state index in [1.165, 1.54) is 31.2 Å². The van der Waals surface area contributed by atoms with Crippen LogP contribution in [0.4, 0.5) is 18.9 Å². The molecule has 0 bridgehead atoms. The molecule has 1 unspecified atom stereocenters. The second-order valence-electron chi connectivity index (χ2n) is 4.80. The van der Waals surface area contributed by atoms with Crippen molar-refractivity contribution in [2.45, 2.75) is 25.4 Å². The monoisotopic (exact) mass is 332 g/mol. The Bertz CT molecular complexity index is 585. The van der Waals surface area contributed by atoms with Crippen LogP contribution in [0.25, 0.3) is 0 Å². The number of benzene rings is 1. The maximum atomic E-state index is 11.9. The Morgan fingerprint density at radius 3 is 2.17 bits per heavy atom. The van der Waals surface area contributed by atoms with E-state index in [1.54, 1.807) is 5.32 Å². The number of halogens is 3. The lowest BCUT2D eigenvalue weighted by molar-refractivity contribution is -0.140. The molecule has 9 heteroatoms. The summed E-state index contributed by atoms with van der Waals surface area (Å²) in [4.78, 5) is 33.5. The standard InChI is InChI=1S/C14H15F3N2O4/c1-8(13(22)23)9-2-4-10(5-3-9)19-12(21)6-11(20)18-7-14(15,16)17/h2-5,8H,6-7H2,1H3,(H,18,20)(H,19,21)(H,22,23). The number of carbonyl (C=O) groups excluding carboxylic acids is 2. The third-order valence-electron chi connectivity index (χ3n) is 2.87. The molecule has 126 valence electrons. The van der Waals surface area contributed by atoms with Crippen molar-refractivity contribution in [3.63, 3.8) is 0 Å². The van der Waals surface area contributed by atoms with Gasteiger partial charge in [-0.1, -0.05) is 12.1 Å². The number of anilines is 1. The number of amides is 2. The van der Waals surface area contributed by atoms with Gasteiger partial charge in [0.1, 0.15) is 13.0 Å². The fourth-order valence-corrected chi connectivity index (χ4v) is 1.61. The first-order valence-electron chi connectivity index (χ1n) is 6.54. The smallest absolute Gasteiger partial charge is 0.405 e. The average molecular weight is 332 g/mol. The topological polar surface area (TPSA) is 95.5 Å². The van der Waals surface area contributed by atoms with Crippen LogP contribution < -0.4 is 10.6 Å². The van der Waals surface area contributed by atoms with Crippen LogP contribution in [0, 0.1) is 0 Å². The predicted molar refractivity (Wildman–Crippen MR) is 74.8 cm³/mol. The quantitative estimate of drug-likeness (QED) is 0.693. The first kappa shape index (κ1) is 18.5. The molecule has 3 N–H and O–H groups in total. The lowest BCUT2D eigenvalue weighted by Crippen LogP contribution is -2.35. The highest BCUT2D eigenvalue weighted by Gasteiger charge is 2.28. The van der Waals surface area contributed by atoms with Crippen molar-refractivity contribution in [2.24, 2.45) is 0 Å². The summed E-state index contributed by atoms with van der Waals surface area (Å²) >= 11 is 0. The Kier molecular flexibility index (Phi) is 6.11. The number of carboxylic acids is 1. The van der Waals surface area contributed by atoms with E-state index in [-0.39, 0.29) is 0 Å². The van der Waals surface area contributed by atoms with Gasteiger partial charge in [-0.25, -0.2) is 0 Å². The van der Waals surface area contributed by atoms with Crippen molar-refractivity contribution in [1.29, 1.82) is 0 Å². The van der Waals surface area contributed by atoms with Gasteiger partial charge in [0.05, 0.1) is 5.92 Å². The first-order chi connectivity index (χ1) is 10.6. The molecule has 0 aliphatic carbocycles. The maximum Gasteiger partial charge on any atom is 0.405 e. The molecule has 0 saturated heterocycles. The Morgan fingerprint density at radius 2 is 1.70 bits per heavy atom. The van der Waals surface area contributed by atoms with E-state index in [1.807, 2.05) is 0 Å². The molecular weight excluding hydrogens is 317 g/mol. The summed E-state index contributed by atoms with van der Waals surface area (Å²) in [5.74, 6) is -3.53. The summed E-state index contributed by atoms with van der Waals surface area (Å²) < 4.78 is 35.7. The lowest BCUT2D eigenvalue weighted by atomic mass is 10.0. The number of carbonyl (C=O) groups is 3. The number of aliphatic carboxylic acids is 1. The fourth-order valence-electron chi connectivity index (χ4n) is 1.61. The fraction of sp³-hybridized carbons (Fsp3) is 0.357. The largest absolute Gasteiger partial charge is 0.481 e. The minimum Gasteiger partial charge on any atom is -0.481 e. The molecule has 1 aromatic carbocycles. The molecule has 2 amide bonds. The third-order valence-corrected chi connectivity index (χ3v) is 2.87. The molecule has 1 atom stereocenters. The zero-order valence-electron chi connectivity index (χ0n) is 12.1. The minimum atomic E-state index is -4.54. The van der Waals surface area contributed by atoms with Crippen molar-refractivity contribution in [2.75, 3.05) is 11.9 Å². The van der Waals surface area contributed by atoms with Gasteiger partial charge in [0.15, 0.2) is 0 Å². The Labute approximate surface area is 129 Å². The number of alkyl halides is 3. The summed E-state index contributed by atoms with van der Waals surface area (Å²) in [5.41, 5.74) is 0.832. The van der Waals surface area contributed by atoms with Crippen LogP contribution in [-0.2, 0) is 14.4 Å². The van der Waals surface area contributed by atoms with Crippen LogP contribution in [0.5, 0.6) is 0 Å². The van der Waals surface area contributed by atoms with Crippen molar-refractivity contribution >= 4 is 23.5 Å². The minimum absolute atomic E-state index is 0.306. The van der Waals surface area contributed by atoms with Gasteiger partial charge in [-0.05, 0) is 24.6 Å². The second-order valence-corrected chi connectivity index (χ2v) is 4.80. The Morgan fingerprint density at radius 1 is 1.13 bits per heavy atom. The first-order valence-corrected chi connectivity index (χ1v) is 6.54. The van der Waals surface area contributed by atoms with E-state index in [0.29, 0.717) is 11.3 Å². The molecule has 0 spiro atoms. The van der Waals surface area contributed by atoms with E-state index in [4.69, 9.17) is 5.11 Å². The second kappa shape index (κ2) is 7.61. The van der Waals surface area contributed by atoms with Crippen molar-refractivity contribution in [3.05, 3.63) is 29.8 Å². The summed E-state index contributed by atoms with van der Waals surface area (Å²) in [6, 6.07) is 5.89. The molecule has 1 rings (SSSR count). The molecule has 0 aliphatic heterocycles. The molecule has 6 nitrogen and oxygen atoms in total. The van der Waals surface area contributed by atoms with Gasteiger partial charge < -0.3 is 15.7 Å². The average Bonchev–Trinajstić information content (AvgIpc) is 2.44. The van der Waals surface area contributed by atoms with Crippen molar-refractivity contribution < 1.29 is 32.7 Å². The highest BCUT2D eigenvalue weighted by molar-refractivity contribution is 6.03. The summed E-state index contributed by atoms with van der Waals surface area (Å²) in [6.45, 7) is 0.00178. The van der Waals surface area contributed by atoms with E-state index < -0.39 is 42.8 Å². The molecule has 0 heterocycles. The highest BCUT2D eigenvalue weighted by Crippen LogP contribution is 2.18. The Balaban J connectivity index is 2.51. The molecule has 0 aliphatic rings. The number of rotatable bonds is 6. The molecule has 1 aromatic rings. The summed E-state index contributed by atoms with van der Waals surface area (Å²) in [7, 11) is 0. The van der Waals surface area contributed by atoms with Crippen molar-refractivity contribution in [3.8, 4) is 0 Å². The maximum absolute atomic E-state index is 11.9. The van der Waals surface area contributed by atoms with E-state index >= 15 is 0 Å². The number of nitrogens with one attached hydrogen (secondary N) is 2. The van der Waals surface area contributed by atoms with E-state index in [2.05, 4.69) is 5.32 Å². The van der Waals surface area contributed by atoms with Crippen LogP contribution in [-0.4, -0.2) is 35.6 Å². The van der Waals surface area contributed by atoms with Crippen LogP contribution in [0.3, 0.4) is 0 Å². The van der Waals surface area contributed by atoms with Gasteiger partial charge in [0.2, 0.25) is 11.8 Å².